The first-order valence-electron chi connectivity index (χ1n) is 6.25. The van der Waals surface area contributed by atoms with E-state index in [1.165, 1.54) is 23.0 Å². The molecular weight excluding hydrogens is 272 g/mol. The summed E-state index contributed by atoms with van der Waals surface area (Å²) in [7, 11) is 0. The van der Waals surface area contributed by atoms with Crippen LogP contribution >= 0.6 is 11.3 Å². The molecule has 0 saturated carbocycles. The number of benzene rings is 1. The van der Waals surface area contributed by atoms with Crippen molar-refractivity contribution in [2.45, 2.75) is 20.5 Å². The van der Waals surface area contributed by atoms with E-state index >= 15 is 0 Å². The van der Waals surface area contributed by atoms with Gasteiger partial charge in [-0.3, -0.25) is 0 Å². The fourth-order valence-electron chi connectivity index (χ4n) is 1.52. The summed E-state index contributed by atoms with van der Waals surface area (Å²) >= 11 is 1.48. The smallest absolute Gasteiger partial charge is 0.330 e. The van der Waals surface area contributed by atoms with E-state index in [4.69, 9.17) is 4.74 Å². The summed E-state index contributed by atoms with van der Waals surface area (Å²) in [5, 5.41) is 5.87. The highest BCUT2D eigenvalue weighted by Gasteiger charge is 2.04. The zero-order chi connectivity index (χ0) is 14.4. The first-order valence-corrected chi connectivity index (χ1v) is 7.13. The number of rotatable bonds is 5. The summed E-state index contributed by atoms with van der Waals surface area (Å²) in [6.07, 6.45) is 3.03. The maximum absolute atomic E-state index is 11.2. The average molecular weight is 288 g/mol. The van der Waals surface area contributed by atoms with Crippen LogP contribution in [0.25, 0.3) is 0 Å². The van der Waals surface area contributed by atoms with Crippen molar-refractivity contribution in [2.24, 2.45) is 0 Å². The number of carbonyl (C=O) groups is 1. The van der Waals surface area contributed by atoms with Crippen molar-refractivity contribution < 1.29 is 9.53 Å². The standard InChI is InChI=1S/C15H16N2O2S/c1-3-4-14(18)19-9-13-10-20-15(17-13)16-12-7-5-11(2)6-8-12/h3-8,10H,9H2,1-2H3,(H,16,17)/b4-3+. The van der Waals surface area contributed by atoms with Crippen LogP contribution < -0.4 is 5.32 Å². The SMILES string of the molecule is C/C=C/C(=O)OCc1csc(Nc2ccc(C)cc2)n1. The first-order chi connectivity index (χ1) is 9.67. The van der Waals surface area contributed by atoms with Crippen LogP contribution in [0, 0.1) is 6.92 Å². The molecule has 1 N–H and O–H groups in total. The van der Waals surface area contributed by atoms with Gasteiger partial charge < -0.3 is 10.1 Å². The van der Waals surface area contributed by atoms with Crippen molar-refractivity contribution in [3.05, 3.63) is 53.1 Å². The van der Waals surface area contributed by atoms with E-state index in [0.717, 1.165) is 16.5 Å². The summed E-state index contributed by atoms with van der Waals surface area (Å²) in [6, 6.07) is 8.08. The first kappa shape index (κ1) is 14.3. The maximum atomic E-state index is 11.2. The minimum atomic E-state index is -0.353. The highest BCUT2D eigenvalue weighted by Crippen LogP contribution is 2.21. The number of allylic oxidation sites excluding steroid dienone is 1. The van der Waals surface area contributed by atoms with E-state index in [1.807, 2.05) is 36.6 Å². The van der Waals surface area contributed by atoms with Crippen LogP contribution in [0.5, 0.6) is 0 Å². The number of aromatic nitrogens is 1. The van der Waals surface area contributed by atoms with E-state index in [9.17, 15) is 4.79 Å². The average Bonchev–Trinajstić information content (AvgIpc) is 2.87. The molecule has 2 rings (SSSR count). The van der Waals surface area contributed by atoms with E-state index in [2.05, 4.69) is 10.3 Å². The number of nitrogens with zero attached hydrogens (tertiary/aromatic N) is 1. The number of carbonyl (C=O) groups excluding carboxylic acids is 1. The molecule has 5 heteroatoms. The Morgan fingerprint density at radius 2 is 2.15 bits per heavy atom. The molecule has 4 nitrogen and oxygen atoms in total. The molecule has 0 spiro atoms. The minimum absolute atomic E-state index is 0.190. The second kappa shape index (κ2) is 6.86. The monoisotopic (exact) mass is 288 g/mol. The third-order valence-electron chi connectivity index (χ3n) is 2.52. The Kier molecular flexibility index (Phi) is 4.90. The zero-order valence-electron chi connectivity index (χ0n) is 11.4. The molecule has 2 aromatic rings. The lowest BCUT2D eigenvalue weighted by Gasteiger charge is -2.02. The van der Waals surface area contributed by atoms with E-state index in [1.54, 1.807) is 13.0 Å². The molecule has 0 fully saturated rings. The summed E-state index contributed by atoms with van der Waals surface area (Å²) < 4.78 is 5.04. The van der Waals surface area contributed by atoms with Gasteiger partial charge in [-0.1, -0.05) is 23.8 Å². The Bertz CT molecular complexity index is 603. The number of thiazole rings is 1. The molecule has 1 aromatic heterocycles. The number of hydrogen-bond donors (Lipinski definition) is 1. The van der Waals surface area contributed by atoms with Gasteiger partial charge in [0.1, 0.15) is 6.61 Å². The van der Waals surface area contributed by atoms with Gasteiger partial charge in [0.05, 0.1) is 5.69 Å². The number of ether oxygens (including phenoxy) is 1. The molecule has 0 amide bonds. The Balaban J connectivity index is 1.92. The molecule has 0 bridgehead atoms. The van der Waals surface area contributed by atoms with Crippen LogP contribution in [0.1, 0.15) is 18.2 Å². The van der Waals surface area contributed by atoms with Gasteiger partial charge in [0.2, 0.25) is 0 Å². The maximum Gasteiger partial charge on any atom is 0.330 e. The van der Waals surface area contributed by atoms with Crippen molar-refractivity contribution in [3.63, 3.8) is 0 Å². The molecule has 0 radical (unpaired) electrons. The lowest BCUT2D eigenvalue weighted by molar-refractivity contribution is -0.139. The van der Waals surface area contributed by atoms with Crippen molar-refractivity contribution in [1.82, 2.24) is 4.98 Å². The summed E-state index contributed by atoms with van der Waals surface area (Å²) in [6.45, 7) is 4.01. The molecule has 0 aliphatic heterocycles. The Labute approximate surface area is 122 Å². The number of esters is 1. The number of nitrogens with one attached hydrogen (secondary N) is 1. The molecule has 20 heavy (non-hydrogen) atoms. The largest absolute Gasteiger partial charge is 0.456 e. The second-order valence-corrected chi connectivity index (χ2v) is 5.10. The fourth-order valence-corrected chi connectivity index (χ4v) is 2.24. The van der Waals surface area contributed by atoms with Crippen LogP contribution in [-0.2, 0) is 16.1 Å². The molecule has 0 atom stereocenters. The fraction of sp³-hybridized carbons (Fsp3) is 0.200. The van der Waals surface area contributed by atoms with Gasteiger partial charge in [-0.15, -0.1) is 11.3 Å². The lowest BCUT2D eigenvalue weighted by Crippen LogP contribution is -2.01. The molecule has 1 heterocycles. The van der Waals surface area contributed by atoms with Crippen molar-refractivity contribution in [1.29, 1.82) is 0 Å². The number of anilines is 2. The van der Waals surface area contributed by atoms with Gasteiger partial charge in [0.15, 0.2) is 5.13 Å². The van der Waals surface area contributed by atoms with Gasteiger partial charge >= 0.3 is 5.97 Å². The van der Waals surface area contributed by atoms with Crippen molar-refractivity contribution in [2.75, 3.05) is 5.32 Å². The van der Waals surface area contributed by atoms with Crippen LogP contribution in [0.15, 0.2) is 41.8 Å². The molecule has 1 aromatic carbocycles. The molecular formula is C15H16N2O2S. The predicted molar refractivity (Wildman–Crippen MR) is 81.2 cm³/mol. The normalized spacial score (nSPS) is 10.7. The van der Waals surface area contributed by atoms with E-state index < -0.39 is 0 Å². The van der Waals surface area contributed by atoms with Gasteiger partial charge in [0, 0.05) is 17.1 Å². The summed E-state index contributed by atoms with van der Waals surface area (Å²) in [5.41, 5.74) is 2.94. The van der Waals surface area contributed by atoms with Crippen molar-refractivity contribution in [3.8, 4) is 0 Å². The Morgan fingerprint density at radius 3 is 2.85 bits per heavy atom. The lowest BCUT2D eigenvalue weighted by atomic mass is 10.2. The molecule has 0 aliphatic rings. The summed E-state index contributed by atoms with van der Waals surface area (Å²) in [4.78, 5) is 15.6. The van der Waals surface area contributed by atoms with Crippen LogP contribution in [0.3, 0.4) is 0 Å². The van der Waals surface area contributed by atoms with Crippen LogP contribution in [0.4, 0.5) is 10.8 Å². The van der Waals surface area contributed by atoms with Gasteiger partial charge in [-0.2, -0.15) is 0 Å². The Morgan fingerprint density at radius 1 is 1.40 bits per heavy atom. The predicted octanol–water partition coefficient (Wildman–Crippen LogP) is 3.81. The third-order valence-corrected chi connectivity index (χ3v) is 3.33. The highest BCUT2D eigenvalue weighted by atomic mass is 32.1. The minimum Gasteiger partial charge on any atom is -0.456 e. The van der Waals surface area contributed by atoms with Crippen LogP contribution in [-0.4, -0.2) is 11.0 Å². The van der Waals surface area contributed by atoms with Crippen LogP contribution in [0.2, 0.25) is 0 Å². The number of hydrogen-bond acceptors (Lipinski definition) is 5. The van der Waals surface area contributed by atoms with Gasteiger partial charge in [-0.05, 0) is 26.0 Å². The van der Waals surface area contributed by atoms with E-state index in [0.29, 0.717) is 0 Å². The second-order valence-electron chi connectivity index (χ2n) is 4.24. The Hall–Kier alpha value is -2.14. The topological polar surface area (TPSA) is 51.2 Å². The molecule has 0 aliphatic carbocycles. The summed E-state index contributed by atoms with van der Waals surface area (Å²) in [5.74, 6) is -0.353. The third kappa shape index (κ3) is 4.20. The molecule has 104 valence electrons. The zero-order valence-corrected chi connectivity index (χ0v) is 12.2. The number of aryl methyl sites for hydroxylation is 1. The van der Waals surface area contributed by atoms with Gasteiger partial charge in [-0.25, -0.2) is 9.78 Å². The van der Waals surface area contributed by atoms with Gasteiger partial charge in [0.25, 0.3) is 0 Å². The quantitative estimate of drug-likeness (QED) is 0.671. The molecule has 0 unspecified atom stereocenters. The molecule has 0 saturated heterocycles. The highest BCUT2D eigenvalue weighted by molar-refractivity contribution is 7.13. The van der Waals surface area contributed by atoms with Crippen molar-refractivity contribution >= 4 is 28.1 Å². The van der Waals surface area contributed by atoms with E-state index in [-0.39, 0.29) is 12.6 Å².